The predicted octanol–water partition coefficient (Wildman–Crippen LogP) is 1.72. The van der Waals surface area contributed by atoms with E-state index in [1.807, 2.05) is 6.92 Å². The van der Waals surface area contributed by atoms with E-state index < -0.39 is 0 Å². The molecule has 0 heterocycles. The van der Waals surface area contributed by atoms with Gasteiger partial charge in [0.15, 0.2) is 0 Å². The standard InChI is InChI=1S/C11H21NO2/c1-3-12-8-11(13)14-10-6-4-5-9(2)7-10/h9-10,12H,3-8H2,1-2H3. The summed E-state index contributed by atoms with van der Waals surface area (Å²) in [6, 6.07) is 0. The van der Waals surface area contributed by atoms with E-state index in [-0.39, 0.29) is 12.1 Å². The van der Waals surface area contributed by atoms with Gasteiger partial charge in [0.1, 0.15) is 6.10 Å². The Balaban J connectivity index is 2.18. The highest BCUT2D eigenvalue weighted by Crippen LogP contribution is 2.25. The molecule has 0 radical (unpaired) electrons. The molecule has 1 rings (SSSR count). The molecule has 0 aromatic carbocycles. The van der Waals surface area contributed by atoms with E-state index >= 15 is 0 Å². The van der Waals surface area contributed by atoms with Gasteiger partial charge in [-0.05, 0) is 31.7 Å². The number of likely N-dealkylation sites (N-methyl/N-ethyl adjacent to an activating group) is 1. The Labute approximate surface area is 86.2 Å². The van der Waals surface area contributed by atoms with Crippen LogP contribution < -0.4 is 5.32 Å². The largest absolute Gasteiger partial charge is 0.461 e. The Morgan fingerprint density at radius 3 is 2.93 bits per heavy atom. The van der Waals surface area contributed by atoms with Crippen molar-refractivity contribution in [3.05, 3.63) is 0 Å². The van der Waals surface area contributed by atoms with Crippen molar-refractivity contribution in [2.75, 3.05) is 13.1 Å². The lowest BCUT2D eigenvalue weighted by Gasteiger charge is -2.26. The van der Waals surface area contributed by atoms with Gasteiger partial charge in [0.2, 0.25) is 0 Å². The van der Waals surface area contributed by atoms with Crippen LogP contribution in [0.4, 0.5) is 0 Å². The Morgan fingerprint density at radius 2 is 2.29 bits per heavy atom. The number of carbonyl (C=O) groups excluding carboxylic acids is 1. The highest BCUT2D eigenvalue weighted by molar-refractivity contribution is 5.71. The Morgan fingerprint density at radius 1 is 1.50 bits per heavy atom. The van der Waals surface area contributed by atoms with Crippen LogP contribution in [0.25, 0.3) is 0 Å². The number of rotatable bonds is 4. The first-order valence-corrected chi connectivity index (χ1v) is 5.62. The van der Waals surface area contributed by atoms with Gasteiger partial charge in [0.25, 0.3) is 0 Å². The fourth-order valence-corrected chi connectivity index (χ4v) is 1.94. The lowest BCUT2D eigenvalue weighted by atomic mass is 9.89. The summed E-state index contributed by atoms with van der Waals surface area (Å²) in [6.45, 7) is 5.37. The van der Waals surface area contributed by atoms with E-state index in [9.17, 15) is 4.79 Å². The van der Waals surface area contributed by atoms with Crippen molar-refractivity contribution < 1.29 is 9.53 Å². The first-order valence-electron chi connectivity index (χ1n) is 5.62. The summed E-state index contributed by atoms with van der Waals surface area (Å²) in [5, 5.41) is 2.97. The summed E-state index contributed by atoms with van der Waals surface area (Å²) in [5.74, 6) is 0.603. The van der Waals surface area contributed by atoms with Gasteiger partial charge in [-0.2, -0.15) is 0 Å². The van der Waals surface area contributed by atoms with Crippen molar-refractivity contribution in [1.29, 1.82) is 0 Å². The molecule has 1 aliphatic carbocycles. The van der Waals surface area contributed by atoms with Crippen molar-refractivity contribution in [3.63, 3.8) is 0 Å². The lowest BCUT2D eigenvalue weighted by molar-refractivity contribution is -0.150. The van der Waals surface area contributed by atoms with Crippen LogP contribution in [0.5, 0.6) is 0 Å². The molecule has 0 amide bonds. The van der Waals surface area contributed by atoms with Gasteiger partial charge >= 0.3 is 5.97 Å². The second-order valence-electron chi connectivity index (χ2n) is 4.16. The highest BCUT2D eigenvalue weighted by atomic mass is 16.5. The first kappa shape index (κ1) is 11.5. The Bertz CT molecular complexity index is 182. The van der Waals surface area contributed by atoms with Gasteiger partial charge in [-0.15, -0.1) is 0 Å². The van der Waals surface area contributed by atoms with Crippen molar-refractivity contribution in [2.24, 2.45) is 5.92 Å². The van der Waals surface area contributed by atoms with Gasteiger partial charge in [0, 0.05) is 0 Å². The zero-order chi connectivity index (χ0) is 10.4. The quantitative estimate of drug-likeness (QED) is 0.701. The molecular formula is C11H21NO2. The molecule has 2 atom stereocenters. The maximum atomic E-state index is 11.3. The zero-order valence-electron chi connectivity index (χ0n) is 9.21. The molecule has 1 fully saturated rings. The summed E-state index contributed by atoms with van der Waals surface area (Å²) >= 11 is 0. The number of nitrogens with one attached hydrogen (secondary N) is 1. The molecule has 1 saturated carbocycles. The minimum atomic E-state index is -0.106. The van der Waals surface area contributed by atoms with Gasteiger partial charge in [-0.1, -0.05) is 20.3 Å². The Hall–Kier alpha value is -0.570. The fraction of sp³-hybridized carbons (Fsp3) is 0.909. The first-order chi connectivity index (χ1) is 6.72. The molecule has 1 aliphatic rings. The summed E-state index contributed by atoms with van der Waals surface area (Å²) in [4.78, 5) is 11.3. The molecule has 3 heteroatoms. The van der Waals surface area contributed by atoms with E-state index in [2.05, 4.69) is 12.2 Å². The third-order valence-corrected chi connectivity index (χ3v) is 2.71. The average Bonchev–Trinajstić information content (AvgIpc) is 2.15. The molecule has 0 spiro atoms. The molecule has 3 nitrogen and oxygen atoms in total. The van der Waals surface area contributed by atoms with Crippen LogP contribution in [0.1, 0.15) is 39.5 Å². The molecule has 0 aromatic heterocycles. The number of esters is 1. The summed E-state index contributed by atoms with van der Waals surface area (Å²) < 4.78 is 5.36. The monoisotopic (exact) mass is 199 g/mol. The van der Waals surface area contributed by atoms with Crippen molar-refractivity contribution >= 4 is 5.97 Å². The number of carbonyl (C=O) groups is 1. The number of hydrogen-bond donors (Lipinski definition) is 1. The van der Waals surface area contributed by atoms with Crippen LogP contribution >= 0.6 is 0 Å². The van der Waals surface area contributed by atoms with Crippen LogP contribution in [0.3, 0.4) is 0 Å². The van der Waals surface area contributed by atoms with Crippen LogP contribution in [-0.4, -0.2) is 25.2 Å². The summed E-state index contributed by atoms with van der Waals surface area (Å²) in [6.07, 6.45) is 4.73. The lowest BCUT2D eigenvalue weighted by Crippen LogP contribution is -2.30. The van der Waals surface area contributed by atoms with E-state index in [0.29, 0.717) is 12.5 Å². The van der Waals surface area contributed by atoms with Gasteiger partial charge in [-0.3, -0.25) is 4.79 Å². The van der Waals surface area contributed by atoms with Crippen LogP contribution in [0, 0.1) is 5.92 Å². The molecular weight excluding hydrogens is 178 g/mol. The third-order valence-electron chi connectivity index (χ3n) is 2.71. The van der Waals surface area contributed by atoms with Gasteiger partial charge in [0.05, 0.1) is 6.54 Å². The number of hydrogen-bond acceptors (Lipinski definition) is 3. The van der Waals surface area contributed by atoms with E-state index in [1.54, 1.807) is 0 Å². The zero-order valence-corrected chi connectivity index (χ0v) is 9.21. The Kier molecular flexibility index (Phi) is 4.94. The normalized spacial score (nSPS) is 27.3. The molecule has 0 bridgehead atoms. The van der Waals surface area contributed by atoms with E-state index in [0.717, 1.165) is 19.4 Å². The van der Waals surface area contributed by atoms with Crippen LogP contribution in [0.2, 0.25) is 0 Å². The molecule has 0 aromatic rings. The smallest absolute Gasteiger partial charge is 0.320 e. The average molecular weight is 199 g/mol. The maximum absolute atomic E-state index is 11.3. The second-order valence-corrected chi connectivity index (χ2v) is 4.16. The topological polar surface area (TPSA) is 38.3 Å². The van der Waals surface area contributed by atoms with E-state index in [1.165, 1.54) is 12.8 Å². The maximum Gasteiger partial charge on any atom is 0.320 e. The summed E-state index contributed by atoms with van der Waals surface area (Å²) in [7, 11) is 0. The minimum Gasteiger partial charge on any atom is -0.461 e. The molecule has 14 heavy (non-hydrogen) atoms. The van der Waals surface area contributed by atoms with E-state index in [4.69, 9.17) is 4.74 Å². The predicted molar refractivity (Wildman–Crippen MR) is 56.1 cm³/mol. The molecule has 0 saturated heterocycles. The summed E-state index contributed by atoms with van der Waals surface area (Å²) in [5.41, 5.74) is 0. The highest BCUT2D eigenvalue weighted by Gasteiger charge is 2.21. The van der Waals surface area contributed by atoms with Crippen molar-refractivity contribution in [3.8, 4) is 0 Å². The fourth-order valence-electron chi connectivity index (χ4n) is 1.94. The van der Waals surface area contributed by atoms with Gasteiger partial charge in [-0.25, -0.2) is 0 Å². The van der Waals surface area contributed by atoms with Gasteiger partial charge < -0.3 is 10.1 Å². The third kappa shape index (κ3) is 4.09. The SMILES string of the molecule is CCNCC(=O)OC1CCCC(C)C1. The second kappa shape index (κ2) is 6.02. The van der Waals surface area contributed by atoms with Crippen molar-refractivity contribution in [2.45, 2.75) is 45.6 Å². The van der Waals surface area contributed by atoms with Crippen LogP contribution in [-0.2, 0) is 9.53 Å². The van der Waals surface area contributed by atoms with Crippen LogP contribution in [0.15, 0.2) is 0 Å². The minimum absolute atomic E-state index is 0.106. The molecule has 2 unspecified atom stereocenters. The van der Waals surface area contributed by atoms with Crippen molar-refractivity contribution in [1.82, 2.24) is 5.32 Å². The molecule has 1 N–H and O–H groups in total. The molecule has 82 valence electrons. The number of ether oxygens (including phenoxy) is 1. The molecule has 0 aliphatic heterocycles.